The van der Waals surface area contributed by atoms with E-state index in [0.29, 0.717) is 25.4 Å². The zero-order valence-corrected chi connectivity index (χ0v) is 13.8. The van der Waals surface area contributed by atoms with Crippen LogP contribution in [0.25, 0.3) is 0 Å². The van der Waals surface area contributed by atoms with Gasteiger partial charge in [0.2, 0.25) is 0 Å². The molecule has 0 saturated heterocycles. The molecular weight excluding hydrogens is 310 g/mol. The number of amides is 2. The summed E-state index contributed by atoms with van der Waals surface area (Å²) >= 11 is 0. The molecule has 2 heterocycles. The number of nitrogens with zero attached hydrogens (tertiary/aromatic N) is 4. The molecular formula is C16H21N5O3. The van der Waals surface area contributed by atoms with Gasteiger partial charge in [-0.05, 0) is 19.1 Å². The molecule has 8 nitrogen and oxygen atoms in total. The average molecular weight is 331 g/mol. The molecule has 2 aromatic rings. The summed E-state index contributed by atoms with van der Waals surface area (Å²) < 4.78 is 13.4. The van der Waals surface area contributed by atoms with Crippen LogP contribution in [0.4, 0.5) is 4.79 Å². The number of fused-ring (bicyclic) bond motifs is 1. The third kappa shape index (κ3) is 3.58. The van der Waals surface area contributed by atoms with Crippen molar-refractivity contribution in [2.24, 2.45) is 0 Å². The van der Waals surface area contributed by atoms with Crippen LogP contribution in [-0.2, 0) is 13.1 Å². The van der Waals surface area contributed by atoms with Gasteiger partial charge in [-0.1, -0.05) is 12.1 Å². The van der Waals surface area contributed by atoms with Crippen molar-refractivity contribution in [2.45, 2.75) is 26.1 Å². The van der Waals surface area contributed by atoms with Crippen LogP contribution < -0.4 is 14.8 Å². The van der Waals surface area contributed by atoms with Gasteiger partial charge in [-0.15, -0.1) is 10.2 Å². The van der Waals surface area contributed by atoms with Crippen molar-refractivity contribution in [3.05, 3.63) is 36.4 Å². The maximum atomic E-state index is 12.2. The Labute approximate surface area is 140 Å². The number of carbonyl (C=O) groups is 1. The molecule has 1 N–H and O–H groups in total. The summed E-state index contributed by atoms with van der Waals surface area (Å²) in [5, 5.41) is 10.7. The smallest absolute Gasteiger partial charge is 0.317 e. The van der Waals surface area contributed by atoms with Gasteiger partial charge in [-0.3, -0.25) is 0 Å². The van der Waals surface area contributed by atoms with Crippen LogP contribution in [0.1, 0.15) is 12.7 Å². The van der Waals surface area contributed by atoms with Crippen LogP contribution in [-0.4, -0.2) is 52.0 Å². The Balaban J connectivity index is 1.50. The Morgan fingerprint density at radius 1 is 1.42 bits per heavy atom. The molecule has 0 aliphatic carbocycles. The Hall–Kier alpha value is -2.77. The molecule has 0 fully saturated rings. The highest BCUT2D eigenvalue weighted by Crippen LogP contribution is 2.30. The fourth-order valence-electron chi connectivity index (χ4n) is 2.51. The first-order valence-corrected chi connectivity index (χ1v) is 7.91. The molecule has 24 heavy (non-hydrogen) atoms. The molecule has 2 amide bonds. The molecule has 0 unspecified atom stereocenters. The SMILES string of the molecule is CCn1cnnc1CNC(=O)N(C)C[C@@H]1COc2ccccc2O1. The van der Waals surface area contributed by atoms with Gasteiger partial charge < -0.3 is 24.3 Å². The maximum Gasteiger partial charge on any atom is 0.317 e. The molecule has 0 saturated carbocycles. The zero-order chi connectivity index (χ0) is 16.9. The van der Waals surface area contributed by atoms with Crippen LogP contribution in [0.3, 0.4) is 0 Å². The molecule has 3 rings (SSSR count). The van der Waals surface area contributed by atoms with Crippen LogP contribution in [0, 0.1) is 0 Å². The van der Waals surface area contributed by atoms with Gasteiger partial charge in [0.25, 0.3) is 0 Å². The fourth-order valence-corrected chi connectivity index (χ4v) is 2.51. The first-order chi connectivity index (χ1) is 11.7. The molecule has 1 aliphatic heterocycles. The topological polar surface area (TPSA) is 81.5 Å². The number of ether oxygens (including phenoxy) is 2. The van der Waals surface area contributed by atoms with Gasteiger partial charge in [-0.2, -0.15) is 0 Å². The molecule has 1 aromatic carbocycles. The van der Waals surface area contributed by atoms with Crippen molar-refractivity contribution in [3.8, 4) is 11.5 Å². The molecule has 0 bridgehead atoms. The second kappa shape index (κ2) is 7.20. The first-order valence-electron chi connectivity index (χ1n) is 7.91. The highest BCUT2D eigenvalue weighted by atomic mass is 16.6. The number of aromatic nitrogens is 3. The lowest BCUT2D eigenvalue weighted by atomic mass is 10.2. The van der Waals surface area contributed by atoms with E-state index in [1.807, 2.05) is 35.8 Å². The van der Waals surface area contributed by atoms with Crippen LogP contribution >= 0.6 is 0 Å². The van der Waals surface area contributed by atoms with E-state index in [1.165, 1.54) is 0 Å². The van der Waals surface area contributed by atoms with E-state index in [1.54, 1.807) is 18.3 Å². The molecule has 1 aromatic heterocycles. The molecule has 128 valence electrons. The summed E-state index contributed by atoms with van der Waals surface area (Å²) in [6.07, 6.45) is 1.45. The summed E-state index contributed by atoms with van der Waals surface area (Å²) in [4.78, 5) is 13.8. The van der Waals surface area contributed by atoms with E-state index >= 15 is 0 Å². The maximum absolute atomic E-state index is 12.2. The Kier molecular flexibility index (Phi) is 4.83. The minimum Gasteiger partial charge on any atom is -0.486 e. The van der Waals surface area contributed by atoms with E-state index in [0.717, 1.165) is 18.1 Å². The third-order valence-corrected chi connectivity index (χ3v) is 3.83. The lowest BCUT2D eigenvalue weighted by molar-refractivity contribution is 0.0715. The zero-order valence-electron chi connectivity index (χ0n) is 13.8. The molecule has 1 atom stereocenters. The molecule has 1 aliphatic rings. The van der Waals surface area contributed by atoms with Crippen LogP contribution in [0.15, 0.2) is 30.6 Å². The molecule has 0 radical (unpaired) electrons. The van der Waals surface area contributed by atoms with Gasteiger partial charge in [0.05, 0.1) is 13.1 Å². The standard InChI is InChI=1S/C16H21N5O3/c1-3-21-11-18-19-15(21)8-17-16(22)20(2)9-12-10-23-13-6-4-5-7-14(13)24-12/h4-7,11-12H,3,8-10H2,1-2H3,(H,17,22)/t12-/m1/s1. The van der Waals surface area contributed by atoms with Crippen molar-refractivity contribution in [2.75, 3.05) is 20.2 Å². The number of likely N-dealkylation sites (N-methyl/N-ethyl adjacent to an activating group) is 1. The normalized spacial score (nSPS) is 15.8. The summed E-state index contributed by atoms with van der Waals surface area (Å²) in [5.41, 5.74) is 0. The summed E-state index contributed by atoms with van der Waals surface area (Å²) in [5.74, 6) is 2.17. The van der Waals surface area contributed by atoms with Crippen LogP contribution in [0.2, 0.25) is 0 Å². The minimum atomic E-state index is -0.199. The quantitative estimate of drug-likeness (QED) is 0.892. The van der Waals surface area contributed by atoms with Crippen molar-refractivity contribution in [3.63, 3.8) is 0 Å². The van der Waals surface area contributed by atoms with Crippen LogP contribution in [0.5, 0.6) is 11.5 Å². The number of hydrogen-bond acceptors (Lipinski definition) is 5. The number of rotatable bonds is 5. The van der Waals surface area contributed by atoms with Crippen molar-refractivity contribution < 1.29 is 14.3 Å². The molecule has 8 heteroatoms. The number of nitrogens with one attached hydrogen (secondary N) is 1. The summed E-state index contributed by atoms with van der Waals surface area (Å²) in [6, 6.07) is 7.33. The lowest BCUT2D eigenvalue weighted by Gasteiger charge is -2.29. The monoisotopic (exact) mass is 331 g/mol. The largest absolute Gasteiger partial charge is 0.486 e. The Morgan fingerprint density at radius 3 is 3.00 bits per heavy atom. The number of benzene rings is 1. The predicted molar refractivity (Wildman–Crippen MR) is 86.9 cm³/mol. The second-order valence-electron chi connectivity index (χ2n) is 5.57. The molecule has 0 spiro atoms. The van der Waals surface area contributed by atoms with E-state index < -0.39 is 0 Å². The van der Waals surface area contributed by atoms with Crippen molar-refractivity contribution in [1.29, 1.82) is 0 Å². The fraction of sp³-hybridized carbons (Fsp3) is 0.438. The van der Waals surface area contributed by atoms with E-state index in [-0.39, 0.29) is 12.1 Å². The van der Waals surface area contributed by atoms with Crippen molar-refractivity contribution in [1.82, 2.24) is 25.0 Å². The lowest BCUT2D eigenvalue weighted by Crippen LogP contribution is -2.45. The van der Waals surface area contributed by atoms with E-state index in [2.05, 4.69) is 15.5 Å². The van der Waals surface area contributed by atoms with Gasteiger partial charge >= 0.3 is 6.03 Å². The Morgan fingerprint density at radius 2 is 2.21 bits per heavy atom. The Bertz CT molecular complexity index is 703. The highest BCUT2D eigenvalue weighted by molar-refractivity contribution is 5.73. The highest BCUT2D eigenvalue weighted by Gasteiger charge is 2.23. The van der Waals surface area contributed by atoms with Crippen molar-refractivity contribution >= 4 is 6.03 Å². The van der Waals surface area contributed by atoms with E-state index in [9.17, 15) is 4.79 Å². The summed E-state index contributed by atoms with van der Waals surface area (Å²) in [7, 11) is 1.73. The number of aryl methyl sites for hydroxylation is 1. The number of carbonyl (C=O) groups excluding carboxylic acids is 1. The number of hydrogen-bond donors (Lipinski definition) is 1. The second-order valence-corrected chi connectivity index (χ2v) is 5.57. The van der Waals surface area contributed by atoms with E-state index in [4.69, 9.17) is 9.47 Å². The number of urea groups is 1. The van der Waals surface area contributed by atoms with Gasteiger partial charge in [0.1, 0.15) is 12.9 Å². The number of para-hydroxylation sites is 2. The van der Waals surface area contributed by atoms with Gasteiger partial charge in [-0.25, -0.2) is 4.79 Å². The average Bonchev–Trinajstić information content (AvgIpc) is 3.07. The van der Waals surface area contributed by atoms with Gasteiger partial charge in [0, 0.05) is 13.6 Å². The summed E-state index contributed by atoms with van der Waals surface area (Å²) in [6.45, 7) is 3.95. The van der Waals surface area contributed by atoms with Gasteiger partial charge in [0.15, 0.2) is 23.4 Å². The first kappa shape index (κ1) is 16.1. The third-order valence-electron chi connectivity index (χ3n) is 3.83. The predicted octanol–water partition coefficient (Wildman–Crippen LogP) is 1.28. The minimum absolute atomic E-state index is 0.192.